The molecule has 0 aliphatic carbocycles. The van der Waals surface area contributed by atoms with Gasteiger partial charge in [-0.3, -0.25) is 0 Å². The normalized spacial score (nSPS) is 10.7. The Morgan fingerprint density at radius 1 is 1.22 bits per heavy atom. The van der Waals surface area contributed by atoms with Crippen LogP contribution in [0, 0.1) is 5.82 Å². The highest BCUT2D eigenvalue weighted by Crippen LogP contribution is 2.34. The fourth-order valence-electron chi connectivity index (χ4n) is 2.49. The number of nitrogen functional groups attached to an aromatic ring is 1. The van der Waals surface area contributed by atoms with Crippen LogP contribution in [0.3, 0.4) is 0 Å². The Labute approximate surface area is 161 Å². The van der Waals surface area contributed by atoms with Gasteiger partial charge in [0, 0.05) is 24.2 Å². The molecule has 0 aliphatic rings. The van der Waals surface area contributed by atoms with Gasteiger partial charge in [0.15, 0.2) is 5.82 Å². The molecular weight excluding hydrogens is 369 g/mol. The second-order valence-electron chi connectivity index (χ2n) is 5.95. The molecule has 0 bridgehead atoms. The quantitative estimate of drug-likeness (QED) is 0.696. The summed E-state index contributed by atoms with van der Waals surface area (Å²) in [5.74, 6) is -0.120. The van der Waals surface area contributed by atoms with Crippen molar-refractivity contribution in [3.63, 3.8) is 0 Å². The predicted molar refractivity (Wildman–Crippen MR) is 106 cm³/mol. The van der Waals surface area contributed by atoms with Crippen LogP contribution in [0.2, 0.25) is 5.02 Å². The van der Waals surface area contributed by atoms with Gasteiger partial charge in [-0.1, -0.05) is 23.7 Å². The molecule has 0 atom stereocenters. The van der Waals surface area contributed by atoms with E-state index >= 15 is 0 Å². The summed E-state index contributed by atoms with van der Waals surface area (Å²) in [4.78, 5) is 13.9. The lowest BCUT2D eigenvalue weighted by Gasteiger charge is -2.16. The van der Waals surface area contributed by atoms with Gasteiger partial charge in [-0.25, -0.2) is 13.9 Å². The van der Waals surface area contributed by atoms with Gasteiger partial charge in [-0.2, -0.15) is 5.10 Å². The molecule has 3 aromatic rings. The summed E-state index contributed by atoms with van der Waals surface area (Å²) in [7, 11) is 1.68. The molecular formula is C19H19ClFN5O. The van der Waals surface area contributed by atoms with Crippen molar-refractivity contribution in [3.05, 3.63) is 59.4 Å². The monoisotopic (exact) mass is 387 g/mol. The molecule has 0 unspecified atom stereocenters. The fourth-order valence-corrected chi connectivity index (χ4v) is 2.62. The maximum atomic E-state index is 13.3. The van der Waals surface area contributed by atoms with E-state index in [0.717, 1.165) is 5.56 Å². The smallest absolute Gasteiger partial charge is 0.321 e. The van der Waals surface area contributed by atoms with Gasteiger partial charge in [0.05, 0.1) is 5.69 Å². The molecule has 0 aliphatic heterocycles. The number of nitrogens with one attached hydrogen (secondary N) is 1. The van der Waals surface area contributed by atoms with Crippen LogP contribution < -0.4 is 11.1 Å². The van der Waals surface area contributed by atoms with E-state index in [1.807, 2.05) is 6.92 Å². The Morgan fingerprint density at radius 3 is 2.44 bits per heavy atom. The Hall–Kier alpha value is -3.06. The average molecular weight is 388 g/mol. The molecule has 0 fully saturated rings. The molecule has 0 saturated heterocycles. The van der Waals surface area contributed by atoms with Gasteiger partial charge in [-0.15, -0.1) is 0 Å². The minimum absolute atomic E-state index is 0.240. The number of carbonyl (C=O) groups is 1. The summed E-state index contributed by atoms with van der Waals surface area (Å²) in [6.07, 6.45) is 0. The van der Waals surface area contributed by atoms with Crippen LogP contribution in [0.4, 0.5) is 20.7 Å². The first kappa shape index (κ1) is 18.7. The first-order valence-corrected chi connectivity index (χ1v) is 8.71. The molecule has 0 radical (unpaired) electrons. The van der Waals surface area contributed by atoms with Crippen molar-refractivity contribution in [1.82, 2.24) is 14.7 Å². The molecule has 140 valence electrons. The molecule has 0 saturated carbocycles. The first-order chi connectivity index (χ1) is 12.9. The number of hydrogen-bond acceptors (Lipinski definition) is 3. The Balaban J connectivity index is 2.11. The third kappa shape index (κ3) is 3.88. The van der Waals surface area contributed by atoms with E-state index in [2.05, 4.69) is 10.4 Å². The van der Waals surface area contributed by atoms with E-state index in [9.17, 15) is 9.18 Å². The Kier molecular flexibility index (Phi) is 5.32. The van der Waals surface area contributed by atoms with Gasteiger partial charge in [0.2, 0.25) is 0 Å². The SMILES string of the molecule is CCN(C)C(=O)Nc1c(-c2ccc(Cl)cc2)nn(-c2ccc(F)cc2)c1N. The summed E-state index contributed by atoms with van der Waals surface area (Å²) in [6.45, 7) is 2.40. The number of amides is 2. The van der Waals surface area contributed by atoms with Crippen LogP contribution in [-0.2, 0) is 0 Å². The lowest BCUT2D eigenvalue weighted by Crippen LogP contribution is -2.31. The van der Waals surface area contributed by atoms with E-state index in [4.69, 9.17) is 17.3 Å². The molecule has 27 heavy (non-hydrogen) atoms. The van der Waals surface area contributed by atoms with E-state index < -0.39 is 0 Å². The number of benzene rings is 2. The number of halogens is 2. The zero-order chi connectivity index (χ0) is 19.6. The lowest BCUT2D eigenvalue weighted by atomic mass is 10.1. The molecule has 1 heterocycles. The van der Waals surface area contributed by atoms with Gasteiger partial charge < -0.3 is 16.0 Å². The Bertz CT molecular complexity index is 953. The highest BCUT2D eigenvalue weighted by Gasteiger charge is 2.21. The third-order valence-corrected chi connectivity index (χ3v) is 4.41. The topological polar surface area (TPSA) is 76.2 Å². The molecule has 8 heteroatoms. The first-order valence-electron chi connectivity index (χ1n) is 8.33. The number of aromatic nitrogens is 2. The summed E-state index contributed by atoms with van der Waals surface area (Å²) < 4.78 is 14.7. The highest BCUT2D eigenvalue weighted by atomic mass is 35.5. The van der Waals surface area contributed by atoms with Gasteiger partial charge in [0.25, 0.3) is 0 Å². The number of rotatable bonds is 4. The largest absolute Gasteiger partial charge is 0.382 e. The van der Waals surface area contributed by atoms with Crippen molar-refractivity contribution >= 4 is 29.1 Å². The van der Waals surface area contributed by atoms with Crippen molar-refractivity contribution in [2.45, 2.75) is 6.92 Å². The molecule has 2 aromatic carbocycles. The standard InChI is InChI=1S/C19H19ClFN5O/c1-3-25(2)19(27)23-17-16(12-4-6-13(20)7-5-12)24-26(18(17)22)15-10-8-14(21)9-11-15/h4-11H,3,22H2,1-2H3,(H,23,27). The molecule has 6 nitrogen and oxygen atoms in total. The van der Waals surface area contributed by atoms with E-state index in [1.54, 1.807) is 43.4 Å². The van der Waals surface area contributed by atoms with Crippen molar-refractivity contribution in [3.8, 4) is 16.9 Å². The van der Waals surface area contributed by atoms with Crippen LogP contribution in [0.5, 0.6) is 0 Å². The maximum Gasteiger partial charge on any atom is 0.321 e. The number of anilines is 2. The van der Waals surface area contributed by atoms with Crippen LogP contribution in [0.15, 0.2) is 48.5 Å². The zero-order valence-electron chi connectivity index (χ0n) is 14.9. The third-order valence-electron chi connectivity index (χ3n) is 4.16. The van der Waals surface area contributed by atoms with E-state index in [1.165, 1.54) is 21.7 Å². The molecule has 0 spiro atoms. The number of hydrogen-bond donors (Lipinski definition) is 2. The minimum atomic E-state index is -0.361. The second kappa shape index (κ2) is 7.67. The summed E-state index contributed by atoms with van der Waals surface area (Å²) in [6, 6.07) is 12.5. The van der Waals surface area contributed by atoms with Crippen molar-refractivity contribution in [2.75, 3.05) is 24.6 Å². The fraction of sp³-hybridized carbons (Fsp3) is 0.158. The van der Waals surface area contributed by atoms with Crippen LogP contribution >= 0.6 is 11.6 Å². The van der Waals surface area contributed by atoms with E-state index in [-0.39, 0.29) is 17.7 Å². The van der Waals surface area contributed by atoms with Crippen LogP contribution in [0.25, 0.3) is 16.9 Å². The molecule has 1 aromatic heterocycles. The van der Waals surface area contributed by atoms with Gasteiger partial charge in [-0.05, 0) is 43.3 Å². The van der Waals surface area contributed by atoms with Crippen LogP contribution in [-0.4, -0.2) is 34.3 Å². The van der Waals surface area contributed by atoms with Gasteiger partial charge in [0.1, 0.15) is 17.2 Å². The van der Waals surface area contributed by atoms with Crippen molar-refractivity contribution in [1.29, 1.82) is 0 Å². The molecule has 3 N–H and O–H groups in total. The summed E-state index contributed by atoms with van der Waals surface area (Å²) >= 11 is 5.97. The van der Waals surface area contributed by atoms with Crippen molar-refractivity contribution < 1.29 is 9.18 Å². The predicted octanol–water partition coefficient (Wildman–Crippen LogP) is 4.40. The minimum Gasteiger partial charge on any atom is -0.382 e. The van der Waals surface area contributed by atoms with Crippen molar-refractivity contribution in [2.24, 2.45) is 0 Å². The molecule has 2 amide bonds. The van der Waals surface area contributed by atoms with Crippen LogP contribution in [0.1, 0.15) is 6.92 Å². The second-order valence-corrected chi connectivity index (χ2v) is 6.38. The molecule has 3 rings (SSSR count). The lowest BCUT2D eigenvalue weighted by molar-refractivity contribution is 0.224. The average Bonchev–Trinajstić information content (AvgIpc) is 2.99. The Morgan fingerprint density at radius 2 is 1.85 bits per heavy atom. The number of nitrogens with two attached hydrogens (primary N) is 1. The summed E-state index contributed by atoms with van der Waals surface area (Å²) in [5.41, 5.74) is 8.47. The van der Waals surface area contributed by atoms with Gasteiger partial charge >= 0.3 is 6.03 Å². The maximum absolute atomic E-state index is 13.3. The number of carbonyl (C=O) groups excluding carboxylic acids is 1. The summed E-state index contributed by atoms with van der Waals surface area (Å²) in [5, 5.41) is 7.94. The highest BCUT2D eigenvalue weighted by molar-refractivity contribution is 6.30. The number of nitrogens with zero attached hydrogens (tertiary/aromatic N) is 3. The zero-order valence-corrected chi connectivity index (χ0v) is 15.7. The van der Waals surface area contributed by atoms with E-state index in [0.29, 0.717) is 28.6 Å². The number of urea groups is 1.